The van der Waals surface area contributed by atoms with Crippen molar-refractivity contribution in [2.75, 3.05) is 0 Å². The standard InChI is InChI=1S/C18H30O.C7H6O5/c1-2-3-4-5-6-7-8-9-10-11-12-17-13-15-18(19)16-14-17;8-4-1-3(7(11)12)2-5(9)6(4)10/h13-16,19H,2-12H2,1H3;1-2,8-10H,(H,11,12). The van der Waals surface area contributed by atoms with Gasteiger partial charge < -0.3 is 25.5 Å². The van der Waals surface area contributed by atoms with Gasteiger partial charge in [-0.2, -0.15) is 0 Å². The molecule has 0 aliphatic carbocycles. The van der Waals surface area contributed by atoms with Crippen LogP contribution in [0, 0.1) is 0 Å². The van der Waals surface area contributed by atoms with Crippen molar-refractivity contribution in [1.29, 1.82) is 0 Å². The molecule has 0 aliphatic rings. The van der Waals surface area contributed by atoms with Gasteiger partial charge in [0.25, 0.3) is 0 Å². The minimum Gasteiger partial charge on any atom is -0.508 e. The summed E-state index contributed by atoms with van der Waals surface area (Å²) in [7, 11) is 0. The Labute approximate surface area is 184 Å². The molecule has 2 aromatic carbocycles. The number of hydrogen-bond acceptors (Lipinski definition) is 5. The van der Waals surface area contributed by atoms with Crippen LogP contribution in [0.15, 0.2) is 36.4 Å². The van der Waals surface area contributed by atoms with Crippen LogP contribution in [-0.4, -0.2) is 31.5 Å². The summed E-state index contributed by atoms with van der Waals surface area (Å²) in [6.45, 7) is 2.27. The van der Waals surface area contributed by atoms with Gasteiger partial charge in [0.15, 0.2) is 17.2 Å². The summed E-state index contributed by atoms with van der Waals surface area (Å²) in [6, 6.07) is 9.32. The van der Waals surface area contributed by atoms with Crippen molar-refractivity contribution < 1.29 is 30.3 Å². The van der Waals surface area contributed by atoms with E-state index in [1.54, 1.807) is 12.1 Å². The minimum absolute atomic E-state index is 0.289. The Kier molecular flexibility index (Phi) is 12.6. The predicted octanol–water partition coefficient (Wildman–Crippen LogP) is 6.36. The molecule has 0 aliphatic heterocycles. The molecule has 0 heterocycles. The Balaban J connectivity index is 0.000000343. The third kappa shape index (κ3) is 11.2. The molecule has 5 N–H and O–H groups in total. The van der Waals surface area contributed by atoms with Gasteiger partial charge in [0.2, 0.25) is 0 Å². The quantitative estimate of drug-likeness (QED) is 0.197. The van der Waals surface area contributed by atoms with Crippen LogP contribution >= 0.6 is 0 Å². The van der Waals surface area contributed by atoms with Crippen molar-refractivity contribution in [3.63, 3.8) is 0 Å². The second kappa shape index (κ2) is 15.0. The van der Waals surface area contributed by atoms with E-state index in [-0.39, 0.29) is 5.56 Å². The van der Waals surface area contributed by atoms with Crippen molar-refractivity contribution in [2.24, 2.45) is 0 Å². The van der Waals surface area contributed by atoms with Crippen LogP contribution in [0.1, 0.15) is 87.1 Å². The number of carboxylic acid groups (broad SMARTS) is 1. The van der Waals surface area contributed by atoms with E-state index in [1.807, 2.05) is 12.1 Å². The van der Waals surface area contributed by atoms with Gasteiger partial charge in [-0.15, -0.1) is 0 Å². The first kappa shape index (κ1) is 26.1. The van der Waals surface area contributed by atoms with Crippen molar-refractivity contribution in [3.8, 4) is 23.0 Å². The van der Waals surface area contributed by atoms with Crippen molar-refractivity contribution in [1.82, 2.24) is 0 Å². The van der Waals surface area contributed by atoms with Crippen LogP contribution in [0.4, 0.5) is 0 Å². The molecule has 2 rings (SSSR count). The number of hydrogen-bond donors (Lipinski definition) is 5. The molecule has 2 aromatic rings. The summed E-state index contributed by atoms with van der Waals surface area (Å²) in [5.74, 6) is -2.97. The lowest BCUT2D eigenvalue weighted by molar-refractivity contribution is 0.0696. The number of phenols is 4. The number of aromatic hydroxyl groups is 4. The Morgan fingerprint density at radius 3 is 1.61 bits per heavy atom. The second-order valence-electron chi connectivity index (χ2n) is 7.77. The zero-order valence-electron chi connectivity index (χ0n) is 18.4. The molecule has 0 saturated carbocycles. The van der Waals surface area contributed by atoms with Gasteiger partial charge in [-0.1, -0.05) is 76.8 Å². The van der Waals surface area contributed by atoms with Gasteiger partial charge in [-0.05, 0) is 42.7 Å². The number of unbranched alkanes of at least 4 members (excludes halogenated alkanes) is 9. The maximum Gasteiger partial charge on any atom is 0.335 e. The average molecular weight is 433 g/mol. The zero-order valence-corrected chi connectivity index (χ0v) is 18.4. The number of aromatic carboxylic acids is 1. The SMILES string of the molecule is CCCCCCCCCCCCc1ccc(O)cc1.O=C(O)c1cc(O)c(O)c(O)c1. The van der Waals surface area contributed by atoms with Crippen LogP contribution in [-0.2, 0) is 6.42 Å². The second-order valence-corrected chi connectivity index (χ2v) is 7.77. The average Bonchev–Trinajstić information content (AvgIpc) is 2.74. The third-order valence-corrected chi connectivity index (χ3v) is 5.07. The molecule has 0 fully saturated rings. The lowest BCUT2D eigenvalue weighted by Gasteiger charge is -2.03. The topological polar surface area (TPSA) is 118 Å². The van der Waals surface area contributed by atoms with Crippen LogP contribution in [0.25, 0.3) is 0 Å². The molecule has 6 nitrogen and oxygen atoms in total. The van der Waals surface area contributed by atoms with Gasteiger partial charge in [0, 0.05) is 0 Å². The number of carboxylic acids is 1. The fourth-order valence-electron chi connectivity index (χ4n) is 3.21. The Bertz CT molecular complexity index is 747. The number of carbonyl (C=O) groups is 1. The molecule has 0 radical (unpaired) electrons. The first-order valence-electron chi connectivity index (χ1n) is 11.1. The van der Waals surface area contributed by atoms with E-state index in [0.29, 0.717) is 5.75 Å². The summed E-state index contributed by atoms with van der Waals surface area (Å²) >= 11 is 0. The predicted molar refractivity (Wildman–Crippen MR) is 122 cm³/mol. The monoisotopic (exact) mass is 432 g/mol. The molecular weight excluding hydrogens is 396 g/mol. The van der Waals surface area contributed by atoms with E-state index >= 15 is 0 Å². The lowest BCUT2D eigenvalue weighted by Crippen LogP contribution is -1.95. The fraction of sp³-hybridized carbons (Fsp3) is 0.480. The van der Waals surface area contributed by atoms with E-state index in [2.05, 4.69) is 6.92 Å². The minimum atomic E-state index is -1.29. The molecule has 0 aromatic heterocycles. The normalized spacial score (nSPS) is 10.4. The molecule has 0 atom stereocenters. The van der Waals surface area contributed by atoms with Crippen LogP contribution in [0.3, 0.4) is 0 Å². The first-order chi connectivity index (χ1) is 14.8. The molecule has 0 saturated heterocycles. The highest BCUT2D eigenvalue weighted by molar-refractivity contribution is 5.89. The Morgan fingerprint density at radius 1 is 0.710 bits per heavy atom. The lowest BCUT2D eigenvalue weighted by atomic mass is 10.0. The molecule has 0 unspecified atom stereocenters. The maximum atomic E-state index is 10.3. The number of aryl methyl sites for hydroxylation is 1. The zero-order chi connectivity index (χ0) is 23.1. The molecular formula is C25H36O6. The van der Waals surface area contributed by atoms with Crippen molar-refractivity contribution in [2.45, 2.75) is 77.6 Å². The number of rotatable bonds is 12. The Morgan fingerprint density at radius 2 is 1.16 bits per heavy atom. The molecule has 0 spiro atoms. The Hall–Kier alpha value is -2.89. The smallest absolute Gasteiger partial charge is 0.335 e. The molecule has 0 bridgehead atoms. The van der Waals surface area contributed by atoms with E-state index in [4.69, 9.17) is 20.4 Å². The molecule has 31 heavy (non-hydrogen) atoms. The maximum absolute atomic E-state index is 10.3. The number of phenolic OH excluding ortho intramolecular Hbond substituents is 4. The summed E-state index contributed by atoms with van der Waals surface area (Å²) in [6.07, 6.45) is 15.0. The van der Waals surface area contributed by atoms with E-state index in [0.717, 1.165) is 18.6 Å². The van der Waals surface area contributed by atoms with Gasteiger partial charge in [-0.25, -0.2) is 4.79 Å². The summed E-state index contributed by atoms with van der Waals surface area (Å²) in [5.41, 5.74) is 1.06. The summed E-state index contributed by atoms with van der Waals surface area (Å²) < 4.78 is 0. The summed E-state index contributed by atoms with van der Waals surface area (Å²) in [5, 5.41) is 44.2. The number of benzene rings is 2. The fourth-order valence-corrected chi connectivity index (χ4v) is 3.21. The van der Waals surface area contributed by atoms with Crippen LogP contribution in [0.5, 0.6) is 23.0 Å². The van der Waals surface area contributed by atoms with E-state index in [9.17, 15) is 9.90 Å². The van der Waals surface area contributed by atoms with Gasteiger partial charge >= 0.3 is 5.97 Å². The van der Waals surface area contributed by atoms with Gasteiger partial charge in [-0.3, -0.25) is 0 Å². The molecule has 0 amide bonds. The highest BCUT2D eigenvalue weighted by Gasteiger charge is 2.11. The third-order valence-electron chi connectivity index (χ3n) is 5.07. The van der Waals surface area contributed by atoms with Crippen LogP contribution < -0.4 is 0 Å². The summed E-state index contributed by atoms with van der Waals surface area (Å²) in [4.78, 5) is 10.3. The molecule has 6 heteroatoms. The molecule has 172 valence electrons. The van der Waals surface area contributed by atoms with Gasteiger partial charge in [0.05, 0.1) is 5.56 Å². The first-order valence-corrected chi connectivity index (χ1v) is 11.1. The van der Waals surface area contributed by atoms with Crippen molar-refractivity contribution in [3.05, 3.63) is 47.5 Å². The largest absolute Gasteiger partial charge is 0.508 e. The van der Waals surface area contributed by atoms with E-state index in [1.165, 1.54) is 69.8 Å². The van der Waals surface area contributed by atoms with Crippen LogP contribution in [0.2, 0.25) is 0 Å². The van der Waals surface area contributed by atoms with Gasteiger partial charge in [0.1, 0.15) is 5.75 Å². The highest BCUT2D eigenvalue weighted by Crippen LogP contribution is 2.35. The highest BCUT2D eigenvalue weighted by atomic mass is 16.4. The van der Waals surface area contributed by atoms with Crippen molar-refractivity contribution >= 4 is 5.97 Å². The van der Waals surface area contributed by atoms with E-state index < -0.39 is 23.2 Å².